The molecule has 0 bridgehead atoms. The normalized spacial score (nSPS) is 24.4. The SMILES string of the molecule is Cn1c(=O)n(C2CCC(=O)NC2=O)c2ccc(N3CC(CC4CCN(C(=O)O)CC4)C3)c(C3CCC(=O)NC3=O)c21. The molecule has 1 aromatic carbocycles. The highest BCUT2D eigenvalue weighted by Crippen LogP contribution is 2.42. The van der Waals surface area contributed by atoms with Crippen LogP contribution in [0.15, 0.2) is 16.9 Å². The molecule has 5 amide bonds. The average molecular weight is 567 g/mol. The van der Waals surface area contributed by atoms with Gasteiger partial charge in [0.15, 0.2) is 0 Å². The first-order chi connectivity index (χ1) is 19.6. The fraction of sp³-hybridized carbons (Fsp3) is 0.571. The van der Waals surface area contributed by atoms with Crippen molar-refractivity contribution < 1.29 is 29.1 Å². The molecule has 0 saturated carbocycles. The molecule has 2 atom stereocenters. The van der Waals surface area contributed by atoms with Gasteiger partial charge < -0.3 is 14.9 Å². The molecule has 4 saturated heterocycles. The Balaban J connectivity index is 1.32. The van der Waals surface area contributed by atoms with Gasteiger partial charge in [0.25, 0.3) is 0 Å². The van der Waals surface area contributed by atoms with Crippen LogP contribution in [0.25, 0.3) is 11.0 Å². The Hall–Kier alpha value is -4.16. The Labute approximate surface area is 235 Å². The minimum Gasteiger partial charge on any atom is -0.465 e. The summed E-state index contributed by atoms with van der Waals surface area (Å²) in [5, 5.41) is 14.0. The van der Waals surface area contributed by atoms with Gasteiger partial charge in [-0.3, -0.25) is 38.9 Å². The van der Waals surface area contributed by atoms with Gasteiger partial charge in [0.2, 0.25) is 23.6 Å². The number of aryl methyl sites for hydroxylation is 1. The van der Waals surface area contributed by atoms with E-state index in [1.54, 1.807) is 13.1 Å². The smallest absolute Gasteiger partial charge is 0.407 e. The number of anilines is 1. The van der Waals surface area contributed by atoms with E-state index in [2.05, 4.69) is 15.5 Å². The molecule has 218 valence electrons. The van der Waals surface area contributed by atoms with E-state index in [-0.39, 0.29) is 31.1 Å². The van der Waals surface area contributed by atoms with Crippen molar-refractivity contribution in [2.75, 3.05) is 31.1 Å². The molecule has 13 nitrogen and oxygen atoms in total. The lowest BCUT2D eigenvalue weighted by Gasteiger charge is -2.45. The molecule has 0 aliphatic carbocycles. The highest BCUT2D eigenvalue weighted by molar-refractivity contribution is 6.04. The van der Waals surface area contributed by atoms with Gasteiger partial charge >= 0.3 is 11.8 Å². The van der Waals surface area contributed by atoms with Crippen LogP contribution >= 0.6 is 0 Å². The first-order valence-corrected chi connectivity index (χ1v) is 14.3. The highest BCUT2D eigenvalue weighted by Gasteiger charge is 2.39. The van der Waals surface area contributed by atoms with E-state index < -0.39 is 35.6 Å². The molecule has 6 rings (SSSR count). The molecule has 1 aromatic heterocycles. The molecule has 0 radical (unpaired) electrons. The number of nitrogens with one attached hydrogen (secondary N) is 2. The number of carbonyl (C=O) groups excluding carboxylic acids is 4. The lowest BCUT2D eigenvalue weighted by molar-refractivity contribution is -0.136. The van der Waals surface area contributed by atoms with E-state index in [4.69, 9.17) is 0 Å². The molecule has 3 N–H and O–H groups in total. The van der Waals surface area contributed by atoms with Crippen molar-refractivity contribution in [3.05, 3.63) is 28.2 Å². The molecule has 4 fully saturated rings. The summed E-state index contributed by atoms with van der Waals surface area (Å²) < 4.78 is 2.88. The Kier molecular flexibility index (Phi) is 6.82. The number of amides is 5. The monoisotopic (exact) mass is 566 g/mol. The number of carbonyl (C=O) groups is 5. The van der Waals surface area contributed by atoms with Gasteiger partial charge in [-0.25, -0.2) is 9.59 Å². The van der Waals surface area contributed by atoms with Crippen LogP contribution in [0, 0.1) is 11.8 Å². The molecular weight excluding hydrogens is 532 g/mol. The van der Waals surface area contributed by atoms with Crippen molar-refractivity contribution in [2.45, 2.75) is 56.9 Å². The van der Waals surface area contributed by atoms with Crippen LogP contribution in [0.3, 0.4) is 0 Å². The van der Waals surface area contributed by atoms with Crippen molar-refractivity contribution in [3.63, 3.8) is 0 Å². The Bertz CT molecular complexity index is 1510. The zero-order valence-corrected chi connectivity index (χ0v) is 22.9. The molecule has 2 unspecified atom stereocenters. The first kappa shape index (κ1) is 27.0. The van der Waals surface area contributed by atoms with Gasteiger partial charge in [-0.2, -0.15) is 0 Å². The number of rotatable bonds is 5. The lowest BCUT2D eigenvalue weighted by atomic mass is 9.82. The Morgan fingerprint density at radius 3 is 2.20 bits per heavy atom. The number of hydrogen-bond donors (Lipinski definition) is 3. The van der Waals surface area contributed by atoms with Crippen molar-refractivity contribution in [3.8, 4) is 0 Å². The van der Waals surface area contributed by atoms with Crippen LogP contribution in [-0.2, 0) is 26.2 Å². The molecular formula is C28H34N6O7. The number of carboxylic acid groups (broad SMARTS) is 1. The summed E-state index contributed by atoms with van der Waals surface area (Å²) in [5.74, 6) is -1.37. The van der Waals surface area contributed by atoms with Gasteiger partial charge in [0.05, 0.1) is 17.0 Å². The third-order valence-electron chi connectivity index (χ3n) is 9.22. The predicted molar refractivity (Wildman–Crippen MR) is 146 cm³/mol. The second-order valence-corrected chi connectivity index (χ2v) is 11.8. The van der Waals surface area contributed by atoms with Crippen molar-refractivity contribution in [1.82, 2.24) is 24.7 Å². The number of likely N-dealkylation sites (tertiary alicyclic amines) is 1. The molecule has 2 aromatic rings. The summed E-state index contributed by atoms with van der Waals surface area (Å²) in [6.45, 7) is 2.66. The molecule has 13 heteroatoms. The van der Waals surface area contributed by atoms with Crippen LogP contribution in [-0.4, -0.2) is 75.0 Å². The van der Waals surface area contributed by atoms with Crippen molar-refractivity contribution in [2.24, 2.45) is 18.9 Å². The van der Waals surface area contributed by atoms with Crippen LogP contribution in [0.4, 0.5) is 10.5 Å². The summed E-state index contributed by atoms with van der Waals surface area (Å²) in [4.78, 5) is 78.0. The van der Waals surface area contributed by atoms with E-state index in [9.17, 15) is 33.9 Å². The fourth-order valence-corrected chi connectivity index (χ4v) is 7.06. The van der Waals surface area contributed by atoms with E-state index in [0.29, 0.717) is 47.9 Å². The number of imide groups is 2. The van der Waals surface area contributed by atoms with Gasteiger partial charge in [-0.1, -0.05) is 0 Å². The number of fused-ring (bicyclic) bond motifs is 1. The summed E-state index contributed by atoms with van der Waals surface area (Å²) in [7, 11) is 1.62. The van der Waals surface area contributed by atoms with Gasteiger partial charge in [0, 0.05) is 57.3 Å². The molecule has 4 aliphatic rings. The zero-order valence-electron chi connectivity index (χ0n) is 22.9. The van der Waals surface area contributed by atoms with Crippen molar-refractivity contribution in [1.29, 1.82) is 0 Å². The molecule has 41 heavy (non-hydrogen) atoms. The number of benzene rings is 1. The minimum atomic E-state index is -0.865. The summed E-state index contributed by atoms with van der Waals surface area (Å²) in [6.07, 6.45) is 2.68. The molecule has 4 aliphatic heterocycles. The average Bonchev–Trinajstić information content (AvgIpc) is 3.16. The van der Waals surface area contributed by atoms with Crippen molar-refractivity contribution >= 4 is 46.4 Å². The number of hydrogen-bond acceptors (Lipinski definition) is 7. The minimum absolute atomic E-state index is 0.127. The number of piperidine rings is 3. The third kappa shape index (κ3) is 4.76. The second kappa shape index (κ2) is 10.3. The van der Waals surface area contributed by atoms with E-state index in [1.165, 1.54) is 14.0 Å². The standard InChI is InChI=1S/C28H34N6O7/c1-31-24-19(34(27(31)39)20-5-7-22(36)30-26(20)38)4-3-18(23(24)17-2-6-21(35)29-25(17)37)33-13-16(14-33)12-15-8-10-32(11-9-15)28(40)41/h3-4,15-17,20H,2,5-14H2,1H3,(H,40,41)(H,29,35,37)(H,30,36,38). The number of nitrogens with zero attached hydrogens (tertiary/aromatic N) is 4. The Morgan fingerprint density at radius 2 is 1.56 bits per heavy atom. The van der Waals surface area contributed by atoms with E-state index in [0.717, 1.165) is 38.0 Å². The highest BCUT2D eigenvalue weighted by atomic mass is 16.4. The van der Waals surface area contributed by atoms with Crippen LogP contribution in [0.1, 0.15) is 62.5 Å². The maximum Gasteiger partial charge on any atom is 0.407 e. The van der Waals surface area contributed by atoms with Crippen LogP contribution < -0.4 is 21.2 Å². The summed E-state index contributed by atoms with van der Waals surface area (Å²) in [5.41, 5.74) is 2.16. The summed E-state index contributed by atoms with van der Waals surface area (Å²) >= 11 is 0. The third-order valence-corrected chi connectivity index (χ3v) is 9.22. The quantitative estimate of drug-likeness (QED) is 0.452. The van der Waals surface area contributed by atoms with E-state index >= 15 is 0 Å². The first-order valence-electron chi connectivity index (χ1n) is 14.3. The second-order valence-electron chi connectivity index (χ2n) is 11.8. The number of aromatic nitrogens is 2. The van der Waals surface area contributed by atoms with Gasteiger partial charge in [0.1, 0.15) is 6.04 Å². The fourth-order valence-electron chi connectivity index (χ4n) is 7.06. The topological polar surface area (TPSA) is 163 Å². The van der Waals surface area contributed by atoms with Crippen LogP contribution in [0.2, 0.25) is 0 Å². The molecule has 5 heterocycles. The maximum absolute atomic E-state index is 13.5. The lowest BCUT2D eigenvalue weighted by Crippen LogP contribution is -2.49. The van der Waals surface area contributed by atoms with Gasteiger partial charge in [-0.15, -0.1) is 0 Å². The summed E-state index contributed by atoms with van der Waals surface area (Å²) in [6, 6.07) is 2.86. The molecule has 0 spiro atoms. The Morgan fingerprint density at radius 1 is 0.902 bits per heavy atom. The predicted octanol–water partition coefficient (Wildman–Crippen LogP) is 1.05. The number of imidazole rings is 1. The van der Waals surface area contributed by atoms with E-state index in [1.807, 2.05) is 6.07 Å². The van der Waals surface area contributed by atoms with Gasteiger partial charge in [-0.05, 0) is 56.1 Å². The largest absolute Gasteiger partial charge is 0.465 e. The van der Waals surface area contributed by atoms with Crippen LogP contribution in [0.5, 0.6) is 0 Å². The zero-order chi connectivity index (χ0) is 29.0. The maximum atomic E-state index is 13.5.